The molecule has 126 valence electrons. The number of hydrogen-bond acceptors (Lipinski definition) is 4. The van der Waals surface area contributed by atoms with Crippen molar-refractivity contribution in [2.45, 2.75) is 13.8 Å². The summed E-state index contributed by atoms with van der Waals surface area (Å²) >= 11 is 0. The summed E-state index contributed by atoms with van der Waals surface area (Å²) in [7, 11) is 0. The largest absolute Gasteiger partial charge is 0.490 e. The molecule has 0 atom stereocenters. The van der Waals surface area contributed by atoms with Crippen molar-refractivity contribution < 1.29 is 4.74 Å². The smallest absolute Gasteiger partial charge is 0.174 e. The van der Waals surface area contributed by atoms with Crippen molar-refractivity contribution in [2.24, 2.45) is 0 Å². The van der Waals surface area contributed by atoms with E-state index in [0.717, 1.165) is 22.6 Å². The highest BCUT2D eigenvalue weighted by Crippen LogP contribution is 2.26. The molecule has 2 aromatic heterocycles. The lowest BCUT2D eigenvalue weighted by Gasteiger charge is -2.12. The second-order valence-electron chi connectivity index (χ2n) is 5.58. The molecule has 1 N–H and O–H groups in total. The van der Waals surface area contributed by atoms with Crippen LogP contribution in [0.1, 0.15) is 23.7 Å². The van der Waals surface area contributed by atoms with Crippen molar-refractivity contribution in [3.05, 3.63) is 77.6 Å². The fraction of sp³-hybridized carbons (Fsp3) is 0.143. The van der Waals surface area contributed by atoms with Gasteiger partial charge in [0, 0.05) is 11.9 Å². The van der Waals surface area contributed by atoms with E-state index in [9.17, 15) is 0 Å². The predicted molar refractivity (Wildman–Crippen MR) is 103 cm³/mol. The van der Waals surface area contributed by atoms with Gasteiger partial charge in [0.1, 0.15) is 5.82 Å². The van der Waals surface area contributed by atoms with Crippen LogP contribution in [0, 0.1) is 6.92 Å². The van der Waals surface area contributed by atoms with E-state index in [-0.39, 0.29) is 0 Å². The molecule has 0 aliphatic heterocycles. The number of rotatable bonds is 6. The third-order valence-electron chi connectivity index (χ3n) is 3.58. The standard InChI is InChI=1S/C21H21N3O/c1-3-25-19-14-18(13-12-17-9-5-4-6-10-17)15-22-21(19)24-20-11-7-8-16(2)23-20/h4-15H,3H2,1-2H3,(H,22,23,24)/b13-12+. The molecule has 0 amide bonds. The van der Waals surface area contributed by atoms with Crippen molar-refractivity contribution in [3.8, 4) is 5.75 Å². The molecule has 1 aromatic carbocycles. The third kappa shape index (κ3) is 4.67. The Morgan fingerprint density at radius 3 is 2.56 bits per heavy atom. The van der Waals surface area contributed by atoms with Gasteiger partial charge in [0.05, 0.1) is 6.61 Å². The molecule has 4 heteroatoms. The second-order valence-corrected chi connectivity index (χ2v) is 5.58. The zero-order chi connectivity index (χ0) is 17.5. The minimum absolute atomic E-state index is 0.573. The van der Waals surface area contributed by atoms with Crippen LogP contribution in [0.25, 0.3) is 12.2 Å². The molecule has 0 aliphatic carbocycles. The molecule has 0 aliphatic rings. The van der Waals surface area contributed by atoms with Crippen LogP contribution in [-0.4, -0.2) is 16.6 Å². The minimum Gasteiger partial charge on any atom is -0.490 e. The molecule has 3 aromatic rings. The maximum atomic E-state index is 5.75. The molecule has 0 saturated carbocycles. The fourth-order valence-corrected chi connectivity index (χ4v) is 2.40. The first kappa shape index (κ1) is 16.7. The Bertz CT molecular complexity index is 860. The molecule has 0 bridgehead atoms. The summed E-state index contributed by atoms with van der Waals surface area (Å²) in [5, 5.41) is 3.23. The van der Waals surface area contributed by atoms with Gasteiger partial charge in [-0.15, -0.1) is 0 Å². The van der Waals surface area contributed by atoms with Gasteiger partial charge in [0.25, 0.3) is 0 Å². The van der Waals surface area contributed by atoms with Crippen LogP contribution in [0.5, 0.6) is 5.75 Å². The Hall–Kier alpha value is -3.14. The molecule has 0 spiro atoms. The summed E-state index contributed by atoms with van der Waals surface area (Å²) in [6.45, 7) is 4.49. The van der Waals surface area contributed by atoms with Gasteiger partial charge < -0.3 is 10.1 Å². The molecule has 0 unspecified atom stereocenters. The summed E-state index contributed by atoms with van der Waals surface area (Å²) in [5.41, 5.74) is 3.08. The lowest BCUT2D eigenvalue weighted by Crippen LogP contribution is -2.02. The van der Waals surface area contributed by atoms with Gasteiger partial charge in [-0.3, -0.25) is 0 Å². The van der Waals surface area contributed by atoms with E-state index in [0.29, 0.717) is 18.2 Å². The van der Waals surface area contributed by atoms with Crippen molar-refractivity contribution in [1.82, 2.24) is 9.97 Å². The average molecular weight is 331 g/mol. The van der Waals surface area contributed by atoms with E-state index in [2.05, 4.69) is 33.5 Å². The maximum Gasteiger partial charge on any atom is 0.174 e. The van der Waals surface area contributed by atoms with Crippen LogP contribution in [0.3, 0.4) is 0 Å². The number of hydrogen-bond donors (Lipinski definition) is 1. The highest BCUT2D eigenvalue weighted by atomic mass is 16.5. The second kappa shape index (κ2) is 8.11. The molecule has 2 heterocycles. The first-order chi connectivity index (χ1) is 12.2. The Labute approximate surface area is 148 Å². The number of benzene rings is 1. The minimum atomic E-state index is 0.573. The SMILES string of the molecule is CCOc1cc(/C=C/c2ccccc2)cnc1Nc1cccc(C)n1. The van der Waals surface area contributed by atoms with Crippen molar-refractivity contribution in [3.63, 3.8) is 0 Å². The fourth-order valence-electron chi connectivity index (χ4n) is 2.40. The van der Waals surface area contributed by atoms with E-state index in [1.165, 1.54) is 0 Å². The number of anilines is 2. The highest BCUT2D eigenvalue weighted by molar-refractivity contribution is 5.71. The molecule has 3 rings (SSSR count). The van der Waals surface area contributed by atoms with E-state index >= 15 is 0 Å². The zero-order valence-electron chi connectivity index (χ0n) is 14.4. The first-order valence-corrected chi connectivity index (χ1v) is 8.31. The predicted octanol–water partition coefficient (Wildman–Crippen LogP) is 5.10. The van der Waals surface area contributed by atoms with E-state index in [1.807, 2.05) is 68.6 Å². The zero-order valence-corrected chi connectivity index (χ0v) is 14.4. The molecule has 0 radical (unpaired) electrons. The Morgan fingerprint density at radius 1 is 1.00 bits per heavy atom. The first-order valence-electron chi connectivity index (χ1n) is 8.31. The number of ether oxygens (including phenoxy) is 1. The summed E-state index contributed by atoms with van der Waals surface area (Å²) in [6.07, 6.45) is 5.90. The topological polar surface area (TPSA) is 47.0 Å². The van der Waals surface area contributed by atoms with Crippen LogP contribution in [0.2, 0.25) is 0 Å². The number of nitrogens with zero attached hydrogens (tertiary/aromatic N) is 2. The van der Waals surface area contributed by atoms with Crippen molar-refractivity contribution in [2.75, 3.05) is 11.9 Å². The van der Waals surface area contributed by atoms with Crippen molar-refractivity contribution >= 4 is 23.8 Å². The molecule has 0 fully saturated rings. The number of nitrogens with one attached hydrogen (secondary N) is 1. The van der Waals surface area contributed by atoms with Crippen LogP contribution >= 0.6 is 0 Å². The van der Waals surface area contributed by atoms with E-state index < -0.39 is 0 Å². The van der Waals surface area contributed by atoms with Gasteiger partial charge in [-0.05, 0) is 43.2 Å². The van der Waals surface area contributed by atoms with Crippen LogP contribution in [-0.2, 0) is 0 Å². The van der Waals surface area contributed by atoms with Gasteiger partial charge >= 0.3 is 0 Å². The van der Waals surface area contributed by atoms with E-state index in [1.54, 1.807) is 0 Å². The third-order valence-corrected chi connectivity index (χ3v) is 3.58. The van der Waals surface area contributed by atoms with Crippen molar-refractivity contribution in [1.29, 1.82) is 0 Å². The highest BCUT2D eigenvalue weighted by Gasteiger charge is 2.07. The summed E-state index contributed by atoms with van der Waals surface area (Å²) < 4.78 is 5.75. The monoisotopic (exact) mass is 331 g/mol. The normalized spacial score (nSPS) is 10.8. The number of pyridine rings is 2. The lowest BCUT2D eigenvalue weighted by atomic mass is 10.1. The maximum absolute atomic E-state index is 5.75. The van der Waals surface area contributed by atoms with Crippen LogP contribution < -0.4 is 10.1 Å². The van der Waals surface area contributed by atoms with E-state index in [4.69, 9.17) is 4.74 Å². The number of aromatic nitrogens is 2. The van der Waals surface area contributed by atoms with Gasteiger partial charge in [-0.1, -0.05) is 48.6 Å². The van der Waals surface area contributed by atoms with Gasteiger partial charge in [0.2, 0.25) is 0 Å². The van der Waals surface area contributed by atoms with Gasteiger partial charge in [-0.2, -0.15) is 0 Å². The van der Waals surface area contributed by atoms with Gasteiger partial charge in [-0.25, -0.2) is 9.97 Å². The molecule has 0 saturated heterocycles. The average Bonchev–Trinajstić information content (AvgIpc) is 2.63. The molecule has 4 nitrogen and oxygen atoms in total. The number of aryl methyl sites for hydroxylation is 1. The van der Waals surface area contributed by atoms with Crippen LogP contribution in [0.15, 0.2) is 60.8 Å². The summed E-state index contributed by atoms with van der Waals surface area (Å²) in [4.78, 5) is 8.95. The quantitative estimate of drug-likeness (QED) is 0.683. The lowest BCUT2D eigenvalue weighted by molar-refractivity contribution is 0.340. The molecular weight excluding hydrogens is 310 g/mol. The van der Waals surface area contributed by atoms with Crippen LogP contribution in [0.4, 0.5) is 11.6 Å². The Balaban J connectivity index is 1.83. The molecule has 25 heavy (non-hydrogen) atoms. The van der Waals surface area contributed by atoms with Gasteiger partial charge in [0.15, 0.2) is 11.6 Å². The Kier molecular flexibility index (Phi) is 5.42. The molecular formula is C21H21N3O. The summed E-state index contributed by atoms with van der Waals surface area (Å²) in [5.74, 6) is 2.12. The summed E-state index contributed by atoms with van der Waals surface area (Å²) in [6, 6.07) is 18.0. The Morgan fingerprint density at radius 2 is 1.80 bits per heavy atom.